The molecule has 0 unspecified atom stereocenters. The lowest BCUT2D eigenvalue weighted by Crippen LogP contribution is -2.53. The van der Waals surface area contributed by atoms with Crippen molar-refractivity contribution in [2.75, 3.05) is 0 Å². The van der Waals surface area contributed by atoms with Gasteiger partial charge in [0.1, 0.15) is 5.54 Å². The molecular weight excluding hydrogens is 312 g/mol. The van der Waals surface area contributed by atoms with Crippen LogP contribution >= 0.6 is 0 Å². The average molecular weight is 330 g/mol. The normalized spacial score (nSPS) is 17.9. The molecule has 0 fully saturated rings. The molecule has 4 nitrogen and oxygen atoms in total. The number of hydrogen-bond acceptors (Lipinski definition) is 3. The molecular formula is C21H18N2O2. The van der Waals surface area contributed by atoms with E-state index < -0.39 is 5.54 Å². The van der Waals surface area contributed by atoms with E-state index in [0.29, 0.717) is 18.7 Å². The fraction of sp³-hybridized carbons (Fsp3) is 0.143. The van der Waals surface area contributed by atoms with Crippen LogP contribution in [0.5, 0.6) is 0 Å². The number of nitrogens with zero attached hydrogens (tertiary/aromatic N) is 2. The lowest BCUT2D eigenvalue weighted by Gasteiger charge is -2.37. The van der Waals surface area contributed by atoms with Gasteiger partial charge in [0.25, 0.3) is 5.91 Å². The number of amidine groups is 1. The molecule has 124 valence electrons. The first-order valence-corrected chi connectivity index (χ1v) is 8.27. The van der Waals surface area contributed by atoms with Crippen LogP contribution in [0.3, 0.4) is 0 Å². The van der Waals surface area contributed by atoms with Crippen LogP contribution in [-0.4, -0.2) is 27.3 Å². The molecule has 0 radical (unpaired) electrons. The standard InChI is InChI=1S/C21H18N2O2/c24-18-12-7-13-23-19(18)22-20(25)21(23,14-16-8-3-1-4-9-16)15-17-10-5-2-6-11-17/h1-13,24H,14-15H2. The van der Waals surface area contributed by atoms with Gasteiger partial charge in [0.15, 0.2) is 11.6 Å². The van der Waals surface area contributed by atoms with Gasteiger partial charge in [-0.2, -0.15) is 4.99 Å². The molecule has 0 saturated heterocycles. The molecule has 4 rings (SSSR count). The van der Waals surface area contributed by atoms with E-state index in [1.165, 1.54) is 0 Å². The topological polar surface area (TPSA) is 52.9 Å². The molecule has 2 heterocycles. The van der Waals surface area contributed by atoms with E-state index in [2.05, 4.69) is 4.99 Å². The van der Waals surface area contributed by atoms with Crippen LogP contribution < -0.4 is 0 Å². The minimum atomic E-state index is -0.864. The Morgan fingerprint density at radius 3 is 2.04 bits per heavy atom. The Morgan fingerprint density at radius 1 is 0.920 bits per heavy atom. The Hall–Kier alpha value is -3.14. The van der Waals surface area contributed by atoms with Crippen LogP contribution in [0.2, 0.25) is 0 Å². The maximum atomic E-state index is 13.0. The second-order valence-electron chi connectivity index (χ2n) is 6.36. The van der Waals surface area contributed by atoms with Crippen molar-refractivity contribution in [1.29, 1.82) is 0 Å². The Labute approximate surface area is 146 Å². The predicted octanol–water partition coefficient (Wildman–Crippen LogP) is 3.42. The molecule has 0 spiro atoms. The molecule has 2 aromatic carbocycles. The van der Waals surface area contributed by atoms with Crippen LogP contribution in [0, 0.1) is 0 Å². The summed E-state index contributed by atoms with van der Waals surface area (Å²) in [6, 6.07) is 19.9. The van der Waals surface area contributed by atoms with Gasteiger partial charge < -0.3 is 10.0 Å². The number of allylic oxidation sites excluding steroid dienone is 2. The summed E-state index contributed by atoms with van der Waals surface area (Å²) < 4.78 is 0. The molecule has 0 saturated carbocycles. The van der Waals surface area contributed by atoms with Crippen LogP contribution in [0.25, 0.3) is 0 Å². The molecule has 1 N–H and O–H groups in total. The molecule has 0 atom stereocenters. The van der Waals surface area contributed by atoms with E-state index in [1.54, 1.807) is 12.2 Å². The summed E-state index contributed by atoms with van der Waals surface area (Å²) in [5, 5.41) is 10.1. The van der Waals surface area contributed by atoms with Crippen LogP contribution in [0.1, 0.15) is 11.1 Å². The molecule has 2 aliphatic heterocycles. The molecule has 0 bridgehead atoms. The van der Waals surface area contributed by atoms with Crippen molar-refractivity contribution in [3.8, 4) is 0 Å². The number of hydrogen-bond donors (Lipinski definition) is 1. The predicted molar refractivity (Wildman–Crippen MR) is 97.2 cm³/mol. The Kier molecular flexibility index (Phi) is 3.73. The van der Waals surface area contributed by atoms with Crippen molar-refractivity contribution >= 4 is 11.7 Å². The number of aliphatic hydroxyl groups excluding tert-OH is 1. The molecule has 2 aliphatic rings. The zero-order valence-corrected chi connectivity index (χ0v) is 13.7. The van der Waals surface area contributed by atoms with Crippen LogP contribution in [0.4, 0.5) is 0 Å². The zero-order chi connectivity index (χ0) is 17.3. The summed E-state index contributed by atoms with van der Waals surface area (Å²) in [6.07, 6.45) is 6.18. The van der Waals surface area contributed by atoms with E-state index in [-0.39, 0.29) is 11.7 Å². The SMILES string of the molecule is O=C1N=C2C(O)=CC=CN2C1(Cc1ccccc1)Cc1ccccc1. The highest BCUT2D eigenvalue weighted by Gasteiger charge is 2.50. The maximum Gasteiger partial charge on any atom is 0.274 e. The first-order chi connectivity index (χ1) is 12.2. The Balaban J connectivity index is 1.78. The summed E-state index contributed by atoms with van der Waals surface area (Å²) in [7, 11) is 0. The highest BCUT2D eigenvalue weighted by Crippen LogP contribution is 2.35. The monoisotopic (exact) mass is 330 g/mol. The first kappa shape index (κ1) is 15.4. The Bertz CT molecular complexity index is 841. The van der Waals surface area contributed by atoms with E-state index in [0.717, 1.165) is 11.1 Å². The average Bonchev–Trinajstić information content (AvgIpc) is 2.90. The smallest absolute Gasteiger partial charge is 0.274 e. The number of amides is 1. The van der Waals surface area contributed by atoms with Crippen molar-refractivity contribution in [2.24, 2.45) is 4.99 Å². The van der Waals surface area contributed by atoms with Crippen molar-refractivity contribution in [1.82, 2.24) is 4.90 Å². The third-order valence-corrected chi connectivity index (χ3v) is 4.69. The number of aliphatic imine (C=N–C) groups is 1. The molecule has 2 aromatic rings. The quantitative estimate of drug-likeness (QED) is 0.934. The minimum Gasteiger partial charge on any atom is -0.504 e. The minimum absolute atomic E-state index is 0.0267. The first-order valence-electron chi connectivity index (χ1n) is 8.27. The highest BCUT2D eigenvalue weighted by molar-refractivity contribution is 6.13. The van der Waals surface area contributed by atoms with Crippen molar-refractivity contribution in [2.45, 2.75) is 18.4 Å². The summed E-state index contributed by atoms with van der Waals surface area (Å²) in [4.78, 5) is 19.0. The van der Waals surface area contributed by atoms with Gasteiger partial charge in [-0.15, -0.1) is 0 Å². The second kappa shape index (κ2) is 6.06. The number of rotatable bonds is 4. The van der Waals surface area contributed by atoms with E-state index in [1.807, 2.05) is 71.8 Å². The fourth-order valence-corrected chi connectivity index (χ4v) is 3.50. The fourth-order valence-electron chi connectivity index (χ4n) is 3.50. The number of carbonyl (C=O) groups excluding carboxylic acids is 1. The molecule has 0 aromatic heterocycles. The molecule has 1 amide bonds. The van der Waals surface area contributed by atoms with Gasteiger partial charge in [-0.3, -0.25) is 4.79 Å². The highest BCUT2D eigenvalue weighted by atomic mass is 16.3. The van der Waals surface area contributed by atoms with Crippen LogP contribution in [-0.2, 0) is 17.6 Å². The number of carbonyl (C=O) groups is 1. The molecule has 4 heteroatoms. The molecule has 25 heavy (non-hydrogen) atoms. The van der Waals surface area contributed by atoms with Crippen molar-refractivity contribution < 1.29 is 9.90 Å². The van der Waals surface area contributed by atoms with E-state index >= 15 is 0 Å². The van der Waals surface area contributed by atoms with Gasteiger partial charge in [0, 0.05) is 19.0 Å². The second-order valence-corrected chi connectivity index (χ2v) is 6.36. The largest absolute Gasteiger partial charge is 0.504 e. The summed E-state index contributed by atoms with van der Waals surface area (Å²) in [6.45, 7) is 0. The third-order valence-electron chi connectivity index (χ3n) is 4.69. The van der Waals surface area contributed by atoms with Gasteiger partial charge in [0.05, 0.1) is 0 Å². The number of aliphatic hydroxyl groups is 1. The van der Waals surface area contributed by atoms with Gasteiger partial charge in [-0.1, -0.05) is 60.7 Å². The number of fused-ring (bicyclic) bond motifs is 1. The van der Waals surface area contributed by atoms with Gasteiger partial charge in [-0.05, 0) is 23.3 Å². The Morgan fingerprint density at radius 2 is 1.48 bits per heavy atom. The van der Waals surface area contributed by atoms with Gasteiger partial charge >= 0.3 is 0 Å². The van der Waals surface area contributed by atoms with Crippen LogP contribution in [0.15, 0.2) is 89.8 Å². The van der Waals surface area contributed by atoms with E-state index in [4.69, 9.17) is 0 Å². The lowest BCUT2D eigenvalue weighted by atomic mass is 9.83. The maximum absolute atomic E-state index is 13.0. The van der Waals surface area contributed by atoms with Gasteiger partial charge in [0.2, 0.25) is 0 Å². The van der Waals surface area contributed by atoms with Crippen molar-refractivity contribution in [3.63, 3.8) is 0 Å². The van der Waals surface area contributed by atoms with E-state index in [9.17, 15) is 9.90 Å². The number of benzene rings is 2. The summed E-state index contributed by atoms with van der Waals surface area (Å²) in [5.41, 5.74) is 1.26. The third kappa shape index (κ3) is 2.66. The summed E-state index contributed by atoms with van der Waals surface area (Å²) >= 11 is 0. The summed E-state index contributed by atoms with van der Waals surface area (Å²) in [5.74, 6) is 0.139. The lowest BCUT2D eigenvalue weighted by molar-refractivity contribution is -0.124. The zero-order valence-electron chi connectivity index (χ0n) is 13.7. The van der Waals surface area contributed by atoms with Crippen molar-refractivity contribution in [3.05, 3.63) is 95.9 Å². The van der Waals surface area contributed by atoms with Gasteiger partial charge in [-0.25, -0.2) is 0 Å². The molecule has 0 aliphatic carbocycles.